The number of anilines is 1. The second-order valence-electron chi connectivity index (χ2n) is 13.9. The lowest BCUT2D eigenvalue weighted by molar-refractivity contribution is -0.138. The number of nitrogen functional groups attached to an aromatic ring is 1. The standard InChI is InChI=1S/C27H43F2N3O4Si2/c1-37(2,21-13-16-5-7-18(21)11-16)34-15-20-24(36-38(3,4)22-14-17-6-8-19(22)12-17)27(28,29)25(35-20)32-10-9-23(30)31-26(32)33/h9-10,16-22,24-25H,5-8,11-15H2,1-4H3,(H2,30,31,33). The van der Waals surface area contributed by atoms with E-state index < -0.39 is 46.7 Å². The minimum absolute atomic E-state index is 0.0105. The van der Waals surface area contributed by atoms with Gasteiger partial charge in [-0.1, -0.05) is 25.7 Å². The van der Waals surface area contributed by atoms with E-state index in [4.69, 9.17) is 19.3 Å². The van der Waals surface area contributed by atoms with E-state index in [-0.39, 0.29) is 12.4 Å². The van der Waals surface area contributed by atoms with Crippen LogP contribution in [-0.2, 0) is 13.6 Å². The molecule has 4 saturated carbocycles. The molecule has 2 heterocycles. The second kappa shape index (κ2) is 9.46. The molecule has 212 valence electrons. The smallest absolute Gasteiger partial charge is 0.351 e. The van der Waals surface area contributed by atoms with Crippen LogP contribution in [-0.4, -0.2) is 50.9 Å². The molecule has 7 nitrogen and oxygen atoms in total. The predicted octanol–water partition coefficient (Wildman–Crippen LogP) is 5.55. The Morgan fingerprint density at radius 3 is 2.16 bits per heavy atom. The van der Waals surface area contributed by atoms with Crippen LogP contribution in [0.3, 0.4) is 0 Å². The van der Waals surface area contributed by atoms with Crippen molar-refractivity contribution in [2.75, 3.05) is 12.3 Å². The number of nitrogens with two attached hydrogens (primary N) is 1. The summed E-state index contributed by atoms with van der Waals surface area (Å²) in [6.07, 6.45) is 6.78. The zero-order valence-electron chi connectivity index (χ0n) is 23.1. The molecule has 1 saturated heterocycles. The minimum Gasteiger partial charge on any atom is -0.414 e. The Morgan fingerprint density at radius 2 is 1.63 bits per heavy atom. The summed E-state index contributed by atoms with van der Waals surface area (Å²) in [4.78, 5) is 16.2. The topological polar surface area (TPSA) is 88.6 Å². The van der Waals surface area contributed by atoms with Gasteiger partial charge in [0.2, 0.25) is 6.23 Å². The molecule has 4 bridgehead atoms. The lowest BCUT2D eigenvalue weighted by Crippen LogP contribution is -2.52. The van der Waals surface area contributed by atoms with Gasteiger partial charge >= 0.3 is 11.6 Å². The van der Waals surface area contributed by atoms with Crippen molar-refractivity contribution in [2.45, 2.75) is 113 Å². The monoisotopic (exact) mass is 567 g/mol. The third-order valence-electron chi connectivity index (χ3n) is 10.8. The van der Waals surface area contributed by atoms with E-state index in [0.29, 0.717) is 28.8 Å². The molecule has 1 aliphatic heterocycles. The van der Waals surface area contributed by atoms with E-state index in [9.17, 15) is 4.79 Å². The van der Waals surface area contributed by atoms with Crippen LogP contribution in [0.15, 0.2) is 17.1 Å². The number of alkyl halides is 2. The molecule has 0 amide bonds. The normalized spacial score (nSPS) is 39.9. The van der Waals surface area contributed by atoms with E-state index in [1.54, 1.807) is 0 Å². The first-order valence-electron chi connectivity index (χ1n) is 14.5. The molecule has 9 atom stereocenters. The Kier molecular flexibility index (Phi) is 6.73. The summed E-state index contributed by atoms with van der Waals surface area (Å²) >= 11 is 0. The average Bonchev–Trinajstić information content (AvgIpc) is 3.67. The summed E-state index contributed by atoms with van der Waals surface area (Å²) in [6, 6.07) is 1.35. The van der Waals surface area contributed by atoms with Crippen LogP contribution in [0.5, 0.6) is 0 Å². The summed E-state index contributed by atoms with van der Waals surface area (Å²) < 4.78 is 52.5. The van der Waals surface area contributed by atoms with Crippen LogP contribution in [0.25, 0.3) is 0 Å². The highest BCUT2D eigenvalue weighted by molar-refractivity contribution is 6.73. The van der Waals surface area contributed by atoms with Gasteiger partial charge in [-0.05, 0) is 92.7 Å². The number of nitrogens with zero attached hydrogens (tertiary/aromatic N) is 2. The first-order valence-corrected chi connectivity index (χ1v) is 20.5. The van der Waals surface area contributed by atoms with Crippen molar-refractivity contribution in [3.05, 3.63) is 22.7 Å². The molecule has 11 heteroatoms. The van der Waals surface area contributed by atoms with Crippen molar-refractivity contribution in [1.29, 1.82) is 0 Å². The maximum absolute atomic E-state index is 16.2. The maximum Gasteiger partial charge on any atom is 0.351 e. The molecular weight excluding hydrogens is 524 g/mol. The van der Waals surface area contributed by atoms with Gasteiger partial charge in [0.15, 0.2) is 16.6 Å². The fourth-order valence-electron chi connectivity index (χ4n) is 8.86. The Hall–Kier alpha value is -1.15. The molecule has 0 radical (unpaired) electrons. The van der Waals surface area contributed by atoms with E-state index >= 15 is 8.78 Å². The first kappa shape index (κ1) is 27.0. The fraction of sp³-hybridized carbons (Fsp3) is 0.852. The highest BCUT2D eigenvalue weighted by Crippen LogP contribution is 2.58. The Morgan fingerprint density at radius 1 is 1.03 bits per heavy atom. The second-order valence-corrected chi connectivity index (χ2v) is 22.3. The molecule has 6 rings (SSSR count). The van der Waals surface area contributed by atoms with Crippen LogP contribution in [0, 0.1) is 23.7 Å². The maximum atomic E-state index is 16.2. The van der Waals surface area contributed by atoms with Gasteiger partial charge in [-0.3, -0.25) is 4.57 Å². The van der Waals surface area contributed by atoms with Crippen LogP contribution in [0.2, 0.25) is 37.3 Å². The van der Waals surface area contributed by atoms with Crippen molar-refractivity contribution in [2.24, 2.45) is 23.7 Å². The number of hydrogen-bond acceptors (Lipinski definition) is 6. The summed E-state index contributed by atoms with van der Waals surface area (Å²) in [7, 11) is -4.66. The van der Waals surface area contributed by atoms with Gasteiger partial charge in [0, 0.05) is 6.20 Å². The predicted molar refractivity (Wildman–Crippen MR) is 146 cm³/mol. The van der Waals surface area contributed by atoms with Crippen molar-refractivity contribution in [1.82, 2.24) is 9.55 Å². The summed E-state index contributed by atoms with van der Waals surface area (Å²) in [5.41, 5.74) is 5.71. The van der Waals surface area contributed by atoms with Gasteiger partial charge in [-0.25, -0.2) is 4.79 Å². The molecule has 38 heavy (non-hydrogen) atoms. The molecular formula is C27H43F2N3O4Si2. The van der Waals surface area contributed by atoms with Crippen molar-refractivity contribution >= 4 is 22.5 Å². The molecule has 5 aliphatic rings. The molecule has 5 fully saturated rings. The number of aromatic nitrogens is 2. The van der Waals surface area contributed by atoms with Gasteiger partial charge < -0.3 is 19.3 Å². The van der Waals surface area contributed by atoms with Gasteiger partial charge in [0.25, 0.3) is 0 Å². The molecule has 9 unspecified atom stereocenters. The third kappa shape index (κ3) is 4.63. The van der Waals surface area contributed by atoms with Crippen molar-refractivity contribution < 1.29 is 22.4 Å². The number of ether oxygens (including phenoxy) is 1. The molecule has 0 spiro atoms. The molecule has 1 aromatic rings. The summed E-state index contributed by atoms with van der Waals surface area (Å²) in [6.45, 7) is 8.68. The first-order chi connectivity index (χ1) is 17.8. The SMILES string of the molecule is C[Si](C)(OCC1OC(n2ccc(N)nc2=O)C(F)(F)C1O[Si](C)(C)C1CC2CCC1C2)C1CC2CCC1C2. The lowest BCUT2D eigenvalue weighted by Gasteiger charge is -2.40. The summed E-state index contributed by atoms with van der Waals surface area (Å²) in [5, 5.41) is 0. The van der Waals surface area contributed by atoms with Gasteiger partial charge in [0.1, 0.15) is 18.0 Å². The van der Waals surface area contributed by atoms with E-state index in [1.165, 1.54) is 57.2 Å². The van der Waals surface area contributed by atoms with E-state index in [1.807, 2.05) is 0 Å². The molecule has 1 aromatic heterocycles. The van der Waals surface area contributed by atoms with E-state index in [0.717, 1.165) is 16.9 Å². The quantitative estimate of drug-likeness (QED) is 0.415. The Labute approximate surface area is 226 Å². The molecule has 4 aliphatic carbocycles. The highest BCUT2D eigenvalue weighted by Gasteiger charge is 2.63. The number of hydrogen-bond donors (Lipinski definition) is 1. The zero-order valence-corrected chi connectivity index (χ0v) is 25.1. The van der Waals surface area contributed by atoms with Crippen LogP contribution in [0.4, 0.5) is 14.6 Å². The number of rotatable bonds is 8. The van der Waals surface area contributed by atoms with Crippen LogP contribution < -0.4 is 11.4 Å². The third-order valence-corrected chi connectivity index (χ3v) is 17.5. The van der Waals surface area contributed by atoms with Gasteiger partial charge in [-0.2, -0.15) is 13.8 Å². The van der Waals surface area contributed by atoms with Crippen LogP contribution >= 0.6 is 0 Å². The van der Waals surface area contributed by atoms with Crippen molar-refractivity contribution in [3.8, 4) is 0 Å². The minimum atomic E-state index is -3.42. The zero-order chi connectivity index (χ0) is 27.0. The Balaban J connectivity index is 1.25. The summed E-state index contributed by atoms with van der Waals surface area (Å²) in [5.74, 6) is -0.641. The number of fused-ring (bicyclic) bond motifs is 4. The lowest BCUT2D eigenvalue weighted by atomic mass is 10.0. The molecule has 0 aromatic carbocycles. The largest absolute Gasteiger partial charge is 0.414 e. The van der Waals surface area contributed by atoms with Gasteiger partial charge in [-0.15, -0.1) is 0 Å². The molecule has 2 N–H and O–H groups in total. The average molecular weight is 568 g/mol. The highest BCUT2D eigenvalue weighted by atomic mass is 28.4. The Bertz CT molecular complexity index is 1120. The van der Waals surface area contributed by atoms with E-state index in [2.05, 4.69) is 31.2 Å². The fourth-order valence-corrected chi connectivity index (χ4v) is 15.5. The van der Waals surface area contributed by atoms with Crippen molar-refractivity contribution in [3.63, 3.8) is 0 Å². The van der Waals surface area contributed by atoms with Crippen LogP contribution in [0.1, 0.15) is 57.6 Å². The van der Waals surface area contributed by atoms with Gasteiger partial charge in [0.05, 0.1) is 6.61 Å². The number of halogens is 2.